The summed E-state index contributed by atoms with van der Waals surface area (Å²) in [6.07, 6.45) is 3.29. The average molecular weight is 401 g/mol. The summed E-state index contributed by atoms with van der Waals surface area (Å²) in [5.41, 5.74) is 0.920. The van der Waals surface area contributed by atoms with Gasteiger partial charge in [0, 0.05) is 24.7 Å². The Kier molecular flexibility index (Phi) is 5.01. The van der Waals surface area contributed by atoms with E-state index >= 15 is 0 Å². The summed E-state index contributed by atoms with van der Waals surface area (Å²) < 4.78 is 36.9. The Hall–Kier alpha value is -2.91. The van der Waals surface area contributed by atoms with Crippen molar-refractivity contribution in [2.75, 3.05) is 13.1 Å². The van der Waals surface area contributed by atoms with Crippen molar-refractivity contribution in [3.8, 4) is 11.5 Å². The lowest BCUT2D eigenvalue weighted by Crippen LogP contribution is -2.28. The van der Waals surface area contributed by atoms with Gasteiger partial charge in [0.05, 0.1) is 17.7 Å². The number of carbonyl (C=O) groups is 1. The molecule has 1 aliphatic rings. The molecule has 0 spiro atoms. The van der Waals surface area contributed by atoms with Gasteiger partial charge in [0.15, 0.2) is 5.76 Å². The zero-order valence-corrected chi connectivity index (χ0v) is 15.8. The largest absolute Gasteiger partial charge is 0.461 e. The summed E-state index contributed by atoms with van der Waals surface area (Å²) in [4.78, 5) is 12.5. The molecule has 2 aromatic heterocycles. The zero-order chi connectivity index (χ0) is 19.6. The fourth-order valence-electron chi connectivity index (χ4n) is 3.06. The third-order valence-electron chi connectivity index (χ3n) is 4.57. The van der Waals surface area contributed by atoms with Gasteiger partial charge in [-0.15, -0.1) is 0 Å². The van der Waals surface area contributed by atoms with Gasteiger partial charge in [-0.1, -0.05) is 5.16 Å². The molecule has 0 saturated carbocycles. The van der Waals surface area contributed by atoms with Gasteiger partial charge >= 0.3 is 0 Å². The van der Waals surface area contributed by atoms with Crippen LogP contribution in [0.5, 0.6) is 0 Å². The van der Waals surface area contributed by atoms with Gasteiger partial charge in [-0.3, -0.25) is 4.79 Å². The number of carbonyl (C=O) groups excluding carboxylic acids is 1. The highest BCUT2D eigenvalue weighted by atomic mass is 32.2. The molecule has 3 heterocycles. The van der Waals surface area contributed by atoms with Crippen LogP contribution in [-0.2, 0) is 16.6 Å². The number of nitrogens with one attached hydrogen (secondary N) is 1. The zero-order valence-electron chi connectivity index (χ0n) is 15.0. The third-order valence-corrected chi connectivity index (χ3v) is 6.49. The van der Waals surface area contributed by atoms with Crippen LogP contribution in [0, 0.1) is 0 Å². The number of amides is 1. The normalized spacial score (nSPS) is 15.0. The first-order valence-corrected chi connectivity index (χ1v) is 10.4. The molecule has 146 valence electrons. The van der Waals surface area contributed by atoms with Crippen molar-refractivity contribution in [1.29, 1.82) is 0 Å². The molecule has 1 saturated heterocycles. The Morgan fingerprint density at radius 3 is 2.54 bits per heavy atom. The summed E-state index contributed by atoms with van der Waals surface area (Å²) in [7, 11) is -3.48. The van der Waals surface area contributed by atoms with Gasteiger partial charge < -0.3 is 14.3 Å². The Bertz CT molecular complexity index is 1050. The molecule has 3 aromatic rings. The third kappa shape index (κ3) is 3.71. The Morgan fingerprint density at radius 2 is 1.86 bits per heavy atom. The van der Waals surface area contributed by atoms with Crippen LogP contribution < -0.4 is 5.32 Å². The van der Waals surface area contributed by atoms with Crippen LogP contribution in [0.1, 0.15) is 28.9 Å². The molecular formula is C19H19N3O5S. The standard InChI is InChI=1S/C19H19N3O5S/c23-19(20-13-15-12-18(27-21-15)17-4-3-11-26-17)14-5-7-16(8-6-14)28(24,25)22-9-1-2-10-22/h3-8,11-12H,1-2,9-10,13H2,(H,20,23). The van der Waals surface area contributed by atoms with E-state index < -0.39 is 10.0 Å². The number of rotatable bonds is 6. The molecule has 1 fully saturated rings. The van der Waals surface area contributed by atoms with Gasteiger partial charge in [0.25, 0.3) is 5.91 Å². The van der Waals surface area contributed by atoms with E-state index in [0.29, 0.717) is 35.9 Å². The van der Waals surface area contributed by atoms with Crippen molar-refractivity contribution < 1.29 is 22.2 Å². The van der Waals surface area contributed by atoms with E-state index in [1.165, 1.54) is 34.8 Å². The highest BCUT2D eigenvalue weighted by Crippen LogP contribution is 2.22. The maximum atomic E-state index is 12.5. The number of aromatic nitrogens is 1. The van der Waals surface area contributed by atoms with E-state index in [2.05, 4.69) is 10.5 Å². The number of hydrogen-bond acceptors (Lipinski definition) is 6. The molecule has 1 aliphatic heterocycles. The molecule has 0 aliphatic carbocycles. The van der Waals surface area contributed by atoms with Crippen LogP contribution in [0.4, 0.5) is 0 Å². The van der Waals surface area contributed by atoms with Crippen LogP contribution >= 0.6 is 0 Å². The van der Waals surface area contributed by atoms with Crippen molar-refractivity contribution >= 4 is 15.9 Å². The van der Waals surface area contributed by atoms with Gasteiger partial charge in [0.1, 0.15) is 5.69 Å². The fourth-order valence-corrected chi connectivity index (χ4v) is 4.58. The molecule has 4 rings (SSSR count). The van der Waals surface area contributed by atoms with E-state index in [9.17, 15) is 13.2 Å². The minimum atomic E-state index is -3.48. The van der Waals surface area contributed by atoms with E-state index in [1.54, 1.807) is 18.2 Å². The quantitative estimate of drug-likeness (QED) is 0.681. The first kappa shape index (κ1) is 18.5. The molecule has 1 amide bonds. The van der Waals surface area contributed by atoms with E-state index in [1.807, 2.05) is 0 Å². The average Bonchev–Trinajstić information content (AvgIpc) is 3.48. The summed E-state index contributed by atoms with van der Waals surface area (Å²) in [5.74, 6) is 0.707. The SMILES string of the molecule is O=C(NCc1cc(-c2ccco2)on1)c1ccc(S(=O)(=O)N2CCCC2)cc1. The van der Waals surface area contributed by atoms with Crippen LogP contribution in [0.25, 0.3) is 11.5 Å². The van der Waals surface area contributed by atoms with Crippen LogP contribution in [0.2, 0.25) is 0 Å². The Morgan fingerprint density at radius 1 is 1.11 bits per heavy atom. The predicted molar refractivity (Wildman–Crippen MR) is 99.8 cm³/mol. The maximum Gasteiger partial charge on any atom is 0.251 e. The molecule has 0 bridgehead atoms. The van der Waals surface area contributed by atoms with Crippen molar-refractivity contribution in [3.63, 3.8) is 0 Å². The van der Waals surface area contributed by atoms with Crippen molar-refractivity contribution in [3.05, 3.63) is 60.0 Å². The number of nitrogens with zero attached hydrogens (tertiary/aromatic N) is 2. The molecule has 8 nitrogen and oxygen atoms in total. The number of sulfonamides is 1. The molecule has 1 aromatic carbocycles. The second-order valence-electron chi connectivity index (χ2n) is 6.48. The summed E-state index contributed by atoms with van der Waals surface area (Å²) in [6, 6.07) is 11.1. The smallest absolute Gasteiger partial charge is 0.251 e. The Labute approximate surface area is 162 Å². The maximum absolute atomic E-state index is 12.5. The van der Waals surface area contributed by atoms with Crippen molar-refractivity contribution in [1.82, 2.24) is 14.8 Å². The number of hydrogen-bond donors (Lipinski definition) is 1. The summed E-state index contributed by atoms with van der Waals surface area (Å²) in [5, 5.41) is 6.63. The molecule has 0 radical (unpaired) electrons. The molecular weight excluding hydrogens is 382 g/mol. The van der Waals surface area contributed by atoms with Gasteiger partial charge in [-0.05, 0) is 49.2 Å². The highest BCUT2D eigenvalue weighted by molar-refractivity contribution is 7.89. The number of furan rings is 1. The fraction of sp³-hybridized carbons (Fsp3) is 0.263. The first-order chi connectivity index (χ1) is 13.5. The lowest BCUT2D eigenvalue weighted by atomic mass is 10.2. The monoisotopic (exact) mass is 401 g/mol. The van der Waals surface area contributed by atoms with E-state index in [-0.39, 0.29) is 17.3 Å². The van der Waals surface area contributed by atoms with Crippen molar-refractivity contribution in [2.24, 2.45) is 0 Å². The molecule has 9 heteroatoms. The van der Waals surface area contributed by atoms with E-state index in [4.69, 9.17) is 8.94 Å². The van der Waals surface area contributed by atoms with E-state index in [0.717, 1.165) is 12.8 Å². The van der Waals surface area contributed by atoms with Gasteiger partial charge in [-0.2, -0.15) is 4.31 Å². The molecule has 0 atom stereocenters. The van der Waals surface area contributed by atoms with Gasteiger partial charge in [0.2, 0.25) is 15.8 Å². The molecule has 0 unspecified atom stereocenters. The lowest BCUT2D eigenvalue weighted by molar-refractivity contribution is 0.0950. The molecule has 1 N–H and O–H groups in total. The van der Waals surface area contributed by atoms with Crippen LogP contribution in [-0.4, -0.2) is 36.9 Å². The predicted octanol–water partition coefficient (Wildman–Crippen LogP) is 2.65. The topological polar surface area (TPSA) is 106 Å². The minimum absolute atomic E-state index is 0.177. The lowest BCUT2D eigenvalue weighted by Gasteiger charge is -2.15. The second kappa shape index (κ2) is 7.61. The van der Waals surface area contributed by atoms with Crippen LogP contribution in [0.3, 0.4) is 0 Å². The van der Waals surface area contributed by atoms with Crippen molar-refractivity contribution in [2.45, 2.75) is 24.3 Å². The summed E-state index contributed by atoms with van der Waals surface area (Å²) in [6.45, 7) is 1.27. The first-order valence-electron chi connectivity index (χ1n) is 8.92. The molecule has 28 heavy (non-hydrogen) atoms. The second-order valence-corrected chi connectivity index (χ2v) is 8.42. The number of benzene rings is 1. The van der Waals surface area contributed by atoms with Crippen LogP contribution in [0.15, 0.2) is 62.6 Å². The Balaban J connectivity index is 1.39. The minimum Gasteiger partial charge on any atom is -0.461 e. The van der Waals surface area contributed by atoms with Gasteiger partial charge in [-0.25, -0.2) is 8.42 Å². The highest BCUT2D eigenvalue weighted by Gasteiger charge is 2.27. The summed E-state index contributed by atoms with van der Waals surface area (Å²) >= 11 is 0.